The number of hydrogen-bond acceptors (Lipinski definition) is 4. The van der Waals surface area contributed by atoms with Gasteiger partial charge in [-0.1, -0.05) is 11.3 Å². The molecule has 78 valence electrons. The minimum Gasteiger partial charge on any atom is -0.364 e. The Hall–Kier alpha value is -1.14. The fraction of sp³-hybridized carbons (Fsp3) is 0.111. The van der Waals surface area contributed by atoms with Crippen molar-refractivity contribution in [3.05, 3.63) is 43.5 Å². The summed E-state index contributed by atoms with van der Waals surface area (Å²) in [5.41, 5.74) is 0.863. The summed E-state index contributed by atoms with van der Waals surface area (Å²) in [5, 5.41) is 4.92. The van der Waals surface area contributed by atoms with Crippen LogP contribution in [0, 0.1) is 0 Å². The molecule has 0 saturated carbocycles. The number of rotatable bonds is 3. The Kier molecular flexibility index (Phi) is 3.17. The van der Waals surface area contributed by atoms with Crippen molar-refractivity contribution in [2.45, 2.75) is 6.54 Å². The highest BCUT2D eigenvalue weighted by Crippen LogP contribution is 2.18. The third kappa shape index (κ3) is 2.66. The zero-order valence-electron chi connectivity index (χ0n) is 7.66. The first-order valence-electron chi connectivity index (χ1n) is 4.27. The van der Waals surface area contributed by atoms with Gasteiger partial charge in [0.2, 0.25) is 0 Å². The Morgan fingerprint density at radius 3 is 3.13 bits per heavy atom. The largest absolute Gasteiger partial charge is 0.364 e. The van der Waals surface area contributed by atoms with Crippen LogP contribution < -0.4 is 10.2 Å². The number of pyridine rings is 1. The van der Waals surface area contributed by atoms with Crippen LogP contribution in [0.2, 0.25) is 0 Å². The lowest BCUT2D eigenvalue weighted by Gasteiger charge is -2.04. The van der Waals surface area contributed by atoms with E-state index in [1.165, 1.54) is 0 Å². The third-order valence-corrected chi connectivity index (χ3v) is 3.13. The molecule has 0 aliphatic carbocycles. The molecule has 0 atom stereocenters. The maximum atomic E-state index is 10.9. The molecule has 0 aromatic carbocycles. The number of H-pyrrole nitrogens is 1. The zero-order chi connectivity index (χ0) is 10.7. The van der Waals surface area contributed by atoms with Crippen molar-refractivity contribution in [2.75, 3.05) is 5.32 Å². The summed E-state index contributed by atoms with van der Waals surface area (Å²) in [5.74, 6) is 0.768. The molecule has 0 radical (unpaired) electrons. The van der Waals surface area contributed by atoms with Crippen LogP contribution in [0.25, 0.3) is 0 Å². The van der Waals surface area contributed by atoms with E-state index in [-0.39, 0.29) is 4.87 Å². The molecule has 0 fully saturated rings. The topological polar surface area (TPSA) is 57.8 Å². The molecule has 6 heteroatoms. The molecule has 2 aromatic heterocycles. The van der Waals surface area contributed by atoms with Crippen molar-refractivity contribution >= 4 is 33.1 Å². The van der Waals surface area contributed by atoms with E-state index in [1.807, 2.05) is 12.1 Å². The molecule has 15 heavy (non-hydrogen) atoms. The van der Waals surface area contributed by atoms with Gasteiger partial charge < -0.3 is 10.3 Å². The van der Waals surface area contributed by atoms with E-state index in [0.29, 0.717) is 6.54 Å². The fourth-order valence-corrected chi connectivity index (χ4v) is 2.07. The van der Waals surface area contributed by atoms with Crippen LogP contribution >= 0.6 is 27.3 Å². The van der Waals surface area contributed by atoms with Gasteiger partial charge in [0.1, 0.15) is 5.82 Å². The second-order valence-electron chi connectivity index (χ2n) is 2.86. The Morgan fingerprint density at radius 1 is 1.60 bits per heavy atom. The van der Waals surface area contributed by atoms with Gasteiger partial charge in [0.15, 0.2) is 0 Å². The monoisotopic (exact) mass is 285 g/mol. The third-order valence-electron chi connectivity index (χ3n) is 1.78. The molecular formula is C9H8BrN3OS. The summed E-state index contributed by atoms with van der Waals surface area (Å²) in [6.07, 6.45) is 1.71. The zero-order valence-corrected chi connectivity index (χ0v) is 10.1. The minimum absolute atomic E-state index is 0.0353. The summed E-state index contributed by atoms with van der Waals surface area (Å²) >= 11 is 4.54. The highest BCUT2D eigenvalue weighted by molar-refractivity contribution is 9.10. The highest BCUT2D eigenvalue weighted by atomic mass is 79.9. The van der Waals surface area contributed by atoms with E-state index >= 15 is 0 Å². The summed E-state index contributed by atoms with van der Waals surface area (Å²) in [4.78, 5) is 17.7. The first-order chi connectivity index (χ1) is 7.25. The van der Waals surface area contributed by atoms with Gasteiger partial charge in [-0.3, -0.25) is 4.79 Å². The number of anilines is 1. The highest BCUT2D eigenvalue weighted by Gasteiger charge is 2.00. The quantitative estimate of drug-likeness (QED) is 0.909. The van der Waals surface area contributed by atoms with Gasteiger partial charge in [-0.2, -0.15) is 0 Å². The second kappa shape index (κ2) is 4.59. The lowest BCUT2D eigenvalue weighted by atomic mass is 10.4. The number of hydrogen-bond donors (Lipinski definition) is 2. The number of aromatic nitrogens is 2. The number of thiazole rings is 1. The minimum atomic E-state index is -0.0353. The number of nitrogens with zero attached hydrogens (tertiary/aromatic N) is 1. The van der Waals surface area contributed by atoms with E-state index in [1.54, 1.807) is 11.6 Å². The molecule has 4 nitrogen and oxygen atoms in total. The lowest BCUT2D eigenvalue weighted by molar-refractivity contribution is 1.04. The molecule has 0 aliphatic rings. The maximum absolute atomic E-state index is 10.9. The first-order valence-corrected chi connectivity index (χ1v) is 5.94. The van der Waals surface area contributed by atoms with E-state index < -0.39 is 0 Å². The van der Waals surface area contributed by atoms with Crippen molar-refractivity contribution in [2.24, 2.45) is 0 Å². The van der Waals surface area contributed by atoms with Gasteiger partial charge in [0.05, 0.1) is 11.0 Å². The number of nitrogens with one attached hydrogen (secondary N) is 2. The average Bonchev–Trinajstić information content (AvgIpc) is 2.63. The lowest BCUT2D eigenvalue weighted by Crippen LogP contribution is -2.04. The Bertz CT molecular complexity index is 508. The predicted molar refractivity (Wildman–Crippen MR) is 64.2 cm³/mol. The summed E-state index contributed by atoms with van der Waals surface area (Å²) in [6.45, 7) is 0.564. The summed E-state index contributed by atoms with van der Waals surface area (Å²) in [6, 6.07) is 3.76. The molecule has 2 rings (SSSR count). The Labute approximate surface area is 98.5 Å². The van der Waals surface area contributed by atoms with Crippen molar-refractivity contribution in [3.8, 4) is 0 Å². The SMILES string of the molecule is O=c1[nH]c(CNc2ncccc2Br)cs1. The van der Waals surface area contributed by atoms with E-state index in [4.69, 9.17) is 0 Å². The molecule has 0 amide bonds. The molecule has 2 heterocycles. The van der Waals surface area contributed by atoms with Gasteiger partial charge in [0.25, 0.3) is 0 Å². The predicted octanol–water partition coefficient (Wildman–Crippen LogP) is 2.21. The van der Waals surface area contributed by atoms with E-state index in [2.05, 4.69) is 31.2 Å². The average molecular weight is 286 g/mol. The van der Waals surface area contributed by atoms with Crippen LogP contribution in [0.5, 0.6) is 0 Å². The van der Waals surface area contributed by atoms with Gasteiger partial charge >= 0.3 is 4.87 Å². The van der Waals surface area contributed by atoms with Gasteiger partial charge in [-0.15, -0.1) is 0 Å². The van der Waals surface area contributed by atoms with Crippen LogP contribution in [0.1, 0.15) is 5.69 Å². The molecule has 0 saturated heterocycles. The van der Waals surface area contributed by atoms with Crippen molar-refractivity contribution in [1.29, 1.82) is 0 Å². The molecule has 2 aromatic rings. The maximum Gasteiger partial charge on any atom is 0.304 e. The summed E-state index contributed by atoms with van der Waals surface area (Å²) in [7, 11) is 0. The molecular weight excluding hydrogens is 278 g/mol. The summed E-state index contributed by atoms with van der Waals surface area (Å²) < 4.78 is 0.905. The smallest absolute Gasteiger partial charge is 0.304 e. The Balaban J connectivity index is 2.05. The van der Waals surface area contributed by atoms with Crippen LogP contribution in [-0.4, -0.2) is 9.97 Å². The van der Waals surface area contributed by atoms with Crippen molar-refractivity contribution in [1.82, 2.24) is 9.97 Å². The number of halogens is 1. The van der Waals surface area contributed by atoms with Crippen LogP contribution in [0.15, 0.2) is 33.0 Å². The van der Waals surface area contributed by atoms with E-state index in [9.17, 15) is 4.79 Å². The van der Waals surface area contributed by atoms with Gasteiger partial charge in [-0.25, -0.2) is 4.98 Å². The fourth-order valence-electron chi connectivity index (χ4n) is 1.10. The molecule has 0 unspecified atom stereocenters. The van der Waals surface area contributed by atoms with E-state index in [0.717, 1.165) is 27.3 Å². The van der Waals surface area contributed by atoms with Crippen LogP contribution in [0.4, 0.5) is 5.82 Å². The normalized spacial score (nSPS) is 10.2. The van der Waals surface area contributed by atoms with Crippen molar-refractivity contribution < 1.29 is 0 Å². The van der Waals surface area contributed by atoms with Crippen LogP contribution in [0.3, 0.4) is 0 Å². The Morgan fingerprint density at radius 2 is 2.47 bits per heavy atom. The van der Waals surface area contributed by atoms with Gasteiger partial charge in [-0.05, 0) is 28.1 Å². The number of aromatic amines is 1. The second-order valence-corrected chi connectivity index (χ2v) is 4.56. The first kappa shape index (κ1) is 10.4. The molecule has 2 N–H and O–H groups in total. The molecule has 0 bridgehead atoms. The van der Waals surface area contributed by atoms with Gasteiger partial charge in [0, 0.05) is 17.3 Å². The molecule has 0 aliphatic heterocycles. The molecule has 0 spiro atoms. The standard InChI is InChI=1S/C9H8BrN3OS/c10-7-2-1-3-11-8(7)12-4-6-5-15-9(14)13-6/h1-3,5H,4H2,(H,11,12)(H,13,14). The van der Waals surface area contributed by atoms with Crippen LogP contribution in [-0.2, 0) is 6.54 Å². The van der Waals surface area contributed by atoms with Crippen molar-refractivity contribution in [3.63, 3.8) is 0 Å².